The zero-order valence-corrected chi connectivity index (χ0v) is 16.7. The number of nitro benzene ring substituents is 1. The molecule has 0 spiro atoms. The molecule has 0 fully saturated rings. The average molecular weight is 432 g/mol. The quantitative estimate of drug-likeness (QED) is 0.241. The largest absolute Gasteiger partial charge is 0.481 e. The summed E-state index contributed by atoms with van der Waals surface area (Å²) in [5, 5.41) is 26.0. The number of aromatic nitrogens is 2. The number of benzene rings is 1. The lowest BCUT2D eigenvalue weighted by Gasteiger charge is -2.17. The standard InChI is InChI=1S/C19H20N4O8/c1-11(10-31-8-7-16(25)26)21-15-9-20-22(19(28)17(15)12(2)24)18(27)13-3-5-14(6-4-13)23(29)30/h3-6,9,11,21H,7-8,10H2,1-2H3,(H,25,26)/t11-/m1/s1. The monoisotopic (exact) mass is 432 g/mol. The third-order valence-corrected chi connectivity index (χ3v) is 4.08. The molecule has 12 nitrogen and oxygen atoms in total. The summed E-state index contributed by atoms with van der Waals surface area (Å²) in [5.74, 6) is -2.44. The van der Waals surface area contributed by atoms with E-state index in [9.17, 15) is 29.3 Å². The highest BCUT2D eigenvalue weighted by atomic mass is 16.6. The van der Waals surface area contributed by atoms with E-state index in [1.165, 1.54) is 12.1 Å². The highest BCUT2D eigenvalue weighted by molar-refractivity contribution is 6.01. The van der Waals surface area contributed by atoms with Gasteiger partial charge in [-0.25, -0.2) is 0 Å². The van der Waals surface area contributed by atoms with E-state index in [0.717, 1.165) is 25.3 Å². The van der Waals surface area contributed by atoms with E-state index < -0.39 is 34.2 Å². The molecular weight excluding hydrogens is 412 g/mol. The number of hydrogen-bond donors (Lipinski definition) is 2. The number of non-ortho nitro benzene ring substituents is 1. The second-order valence-corrected chi connectivity index (χ2v) is 6.58. The topological polar surface area (TPSA) is 171 Å². The van der Waals surface area contributed by atoms with Crippen LogP contribution in [0.15, 0.2) is 35.3 Å². The Morgan fingerprint density at radius 2 is 1.94 bits per heavy atom. The highest BCUT2D eigenvalue weighted by Gasteiger charge is 2.21. The van der Waals surface area contributed by atoms with Gasteiger partial charge in [0.15, 0.2) is 5.78 Å². The van der Waals surface area contributed by atoms with Crippen LogP contribution < -0.4 is 10.9 Å². The molecule has 0 aliphatic carbocycles. The van der Waals surface area contributed by atoms with Crippen LogP contribution in [0.1, 0.15) is 41.0 Å². The third kappa shape index (κ3) is 6.02. The summed E-state index contributed by atoms with van der Waals surface area (Å²) >= 11 is 0. The molecular formula is C19H20N4O8. The first-order valence-electron chi connectivity index (χ1n) is 9.10. The minimum absolute atomic E-state index is 0.00447. The highest BCUT2D eigenvalue weighted by Crippen LogP contribution is 2.15. The Bertz CT molecular complexity index is 1060. The SMILES string of the molecule is CC(=O)c1c(N[C@H](C)COCCC(=O)O)cnn(C(=O)c2ccc([N+](=O)[O-])cc2)c1=O. The number of ether oxygens (including phenoxy) is 1. The van der Waals surface area contributed by atoms with Crippen LogP contribution in [-0.2, 0) is 9.53 Å². The van der Waals surface area contributed by atoms with Crippen LogP contribution in [0.5, 0.6) is 0 Å². The van der Waals surface area contributed by atoms with Gasteiger partial charge < -0.3 is 15.2 Å². The smallest absolute Gasteiger partial charge is 0.305 e. The number of nitrogens with zero attached hydrogens (tertiary/aromatic N) is 3. The van der Waals surface area contributed by atoms with Crippen LogP contribution in [-0.4, -0.2) is 56.7 Å². The number of carbonyl (C=O) groups excluding carboxylic acids is 2. The van der Waals surface area contributed by atoms with Crippen molar-refractivity contribution >= 4 is 29.0 Å². The summed E-state index contributed by atoms with van der Waals surface area (Å²) in [6, 6.07) is 4.21. The summed E-state index contributed by atoms with van der Waals surface area (Å²) in [5.41, 5.74) is -1.38. The summed E-state index contributed by atoms with van der Waals surface area (Å²) in [4.78, 5) is 58.0. The number of ketones is 1. The fraction of sp³-hybridized carbons (Fsp3) is 0.316. The molecule has 0 aliphatic rings. The van der Waals surface area contributed by atoms with Crippen molar-refractivity contribution < 1.29 is 29.2 Å². The zero-order chi connectivity index (χ0) is 23.1. The fourth-order valence-electron chi connectivity index (χ4n) is 2.62. The molecule has 2 N–H and O–H groups in total. The summed E-state index contributed by atoms with van der Waals surface area (Å²) in [7, 11) is 0. The molecule has 1 aromatic heterocycles. The Morgan fingerprint density at radius 3 is 2.48 bits per heavy atom. The number of nitrogens with one attached hydrogen (secondary N) is 1. The van der Waals surface area contributed by atoms with Crippen molar-refractivity contribution in [2.75, 3.05) is 18.5 Å². The van der Waals surface area contributed by atoms with E-state index in [1.54, 1.807) is 6.92 Å². The van der Waals surface area contributed by atoms with Crippen molar-refractivity contribution in [1.29, 1.82) is 0 Å². The van der Waals surface area contributed by atoms with Gasteiger partial charge in [-0.15, -0.1) is 0 Å². The van der Waals surface area contributed by atoms with Gasteiger partial charge >= 0.3 is 5.97 Å². The van der Waals surface area contributed by atoms with Gasteiger partial charge in [-0.1, -0.05) is 0 Å². The van der Waals surface area contributed by atoms with Gasteiger partial charge in [0.1, 0.15) is 5.56 Å². The zero-order valence-electron chi connectivity index (χ0n) is 16.7. The molecule has 1 heterocycles. The number of anilines is 1. The van der Waals surface area contributed by atoms with Crippen LogP contribution in [0.3, 0.4) is 0 Å². The molecule has 0 bridgehead atoms. The van der Waals surface area contributed by atoms with E-state index in [1.807, 2.05) is 0 Å². The van der Waals surface area contributed by atoms with E-state index in [0.29, 0.717) is 4.68 Å². The number of aliphatic carboxylic acids is 1. The maximum atomic E-state index is 12.8. The first kappa shape index (κ1) is 23.3. The summed E-state index contributed by atoms with van der Waals surface area (Å²) in [6.07, 6.45) is 0.989. The van der Waals surface area contributed by atoms with E-state index >= 15 is 0 Å². The molecule has 1 aromatic carbocycles. The van der Waals surface area contributed by atoms with Crippen molar-refractivity contribution in [3.63, 3.8) is 0 Å². The Morgan fingerprint density at radius 1 is 1.29 bits per heavy atom. The van der Waals surface area contributed by atoms with E-state index in [4.69, 9.17) is 9.84 Å². The fourth-order valence-corrected chi connectivity index (χ4v) is 2.62. The molecule has 2 aromatic rings. The third-order valence-electron chi connectivity index (χ3n) is 4.08. The Labute approximate surface area is 175 Å². The van der Waals surface area contributed by atoms with Crippen molar-refractivity contribution in [3.8, 4) is 0 Å². The van der Waals surface area contributed by atoms with E-state index in [-0.39, 0.29) is 42.1 Å². The summed E-state index contributed by atoms with van der Waals surface area (Å²) in [6.45, 7) is 2.97. The molecule has 0 amide bonds. The van der Waals surface area contributed by atoms with Gasteiger partial charge in [-0.2, -0.15) is 9.78 Å². The van der Waals surface area contributed by atoms with Gasteiger partial charge in [0.2, 0.25) is 0 Å². The number of nitro groups is 1. The van der Waals surface area contributed by atoms with Crippen LogP contribution in [0.2, 0.25) is 0 Å². The first-order chi connectivity index (χ1) is 14.6. The van der Waals surface area contributed by atoms with Crippen molar-refractivity contribution in [2.45, 2.75) is 26.3 Å². The van der Waals surface area contributed by atoms with Crippen LogP contribution >= 0.6 is 0 Å². The Kier molecular flexibility index (Phi) is 7.69. The van der Waals surface area contributed by atoms with Crippen molar-refractivity contribution in [2.24, 2.45) is 0 Å². The molecule has 0 saturated carbocycles. The Hall–Kier alpha value is -3.93. The molecule has 31 heavy (non-hydrogen) atoms. The molecule has 12 heteroatoms. The molecule has 0 aliphatic heterocycles. The number of carbonyl (C=O) groups is 3. The van der Waals surface area contributed by atoms with Crippen LogP contribution in [0.4, 0.5) is 11.4 Å². The molecule has 0 unspecified atom stereocenters. The van der Waals surface area contributed by atoms with Gasteiger partial charge in [0, 0.05) is 23.7 Å². The summed E-state index contributed by atoms with van der Waals surface area (Å²) < 4.78 is 5.73. The second-order valence-electron chi connectivity index (χ2n) is 6.58. The lowest BCUT2D eigenvalue weighted by molar-refractivity contribution is -0.384. The second kappa shape index (κ2) is 10.2. The van der Waals surface area contributed by atoms with Gasteiger partial charge in [0.25, 0.3) is 17.2 Å². The van der Waals surface area contributed by atoms with Gasteiger partial charge in [0.05, 0.1) is 36.4 Å². The van der Waals surface area contributed by atoms with Gasteiger partial charge in [-0.05, 0) is 26.0 Å². The normalized spacial score (nSPS) is 11.5. The number of rotatable bonds is 10. The maximum Gasteiger partial charge on any atom is 0.305 e. The minimum Gasteiger partial charge on any atom is -0.481 e. The average Bonchev–Trinajstić information content (AvgIpc) is 2.70. The first-order valence-corrected chi connectivity index (χ1v) is 9.10. The number of carboxylic acid groups (broad SMARTS) is 1. The number of hydrogen-bond acceptors (Lipinski definition) is 9. The van der Waals surface area contributed by atoms with Crippen LogP contribution in [0, 0.1) is 10.1 Å². The molecule has 1 atom stereocenters. The molecule has 0 saturated heterocycles. The predicted octanol–water partition coefficient (Wildman–Crippen LogP) is 1.33. The van der Waals surface area contributed by atoms with Crippen LogP contribution in [0.25, 0.3) is 0 Å². The Balaban J connectivity index is 2.24. The van der Waals surface area contributed by atoms with E-state index in [2.05, 4.69) is 10.4 Å². The number of carboxylic acids is 1. The minimum atomic E-state index is -0.995. The maximum absolute atomic E-state index is 12.8. The number of Topliss-reactive ketones (excluding diaryl/α,β-unsaturated/α-hetero) is 1. The molecule has 164 valence electrons. The lowest BCUT2D eigenvalue weighted by atomic mass is 10.1. The van der Waals surface area contributed by atoms with Crippen molar-refractivity contribution in [3.05, 3.63) is 62.1 Å². The molecule has 2 rings (SSSR count). The molecule has 0 radical (unpaired) electrons. The lowest BCUT2D eigenvalue weighted by Crippen LogP contribution is -2.35. The van der Waals surface area contributed by atoms with Crippen molar-refractivity contribution in [1.82, 2.24) is 9.78 Å². The van der Waals surface area contributed by atoms with Gasteiger partial charge in [-0.3, -0.25) is 29.3 Å². The predicted molar refractivity (Wildman–Crippen MR) is 107 cm³/mol.